The summed E-state index contributed by atoms with van der Waals surface area (Å²) in [5.74, 6) is 2.43. The zero-order chi connectivity index (χ0) is 22.1. The third-order valence-corrected chi connectivity index (χ3v) is 5.95. The molecule has 2 aromatic carbocycles. The fourth-order valence-corrected chi connectivity index (χ4v) is 5.13. The number of amides is 4. The van der Waals surface area contributed by atoms with E-state index in [1.807, 2.05) is 0 Å². The van der Waals surface area contributed by atoms with E-state index in [1.54, 1.807) is 24.3 Å². The van der Waals surface area contributed by atoms with Gasteiger partial charge in [0.05, 0.1) is 12.8 Å². The Morgan fingerprint density at radius 3 is 2.55 bits per heavy atom. The Morgan fingerprint density at radius 1 is 1.13 bits per heavy atom. The number of hydrogen-bond donors (Lipinski definition) is 1. The van der Waals surface area contributed by atoms with Crippen molar-refractivity contribution in [1.82, 2.24) is 5.32 Å². The molecule has 31 heavy (non-hydrogen) atoms. The van der Waals surface area contributed by atoms with E-state index >= 15 is 0 Å². The van der Waals surface area contributed by atoms with Crippen molar-refractivity contribution in [2.45, 2.75) is 0 Å². The molecule has 0 bridgehead atoms. The number of imide groups is 2. The number of nitrogens with zero attached hydrogens (tertiary/aromatic N) is 1. The summed E-state index contributed by atoms with van der Waals surface area (Å²) in [6.45, 7) is 0.181. The fourth-order valence-electron chi connectivity index (χ4n) is 3.00. The van der Waals surface area contributed by atoms with Crippen molar-refractivity contribution < 1.29 is 28.6 Å². The Labute approximate surface area is 204 Å². The lowest BCUT2D eigenvalue weighted by atomic mass is 10.1. The van der Waals surface area contributed by atoms with Crippen LogP contribution in [-0.2, 0) is 9.59 Å². The lowest BCUT2D eigenvalue weighted by Gasteiger charge is -2.26. The largest absolute Gasteiger partial charge is 0.479 e. The van der Waals surface area contributed by atoms with Crippen molar-refractivity contribution in [2.24, 2.45) is 0 Å². The van der Waals surface area contributed by atoms with Gasteiger partial charge in [-0.3, -0.25) is 14.9 Å². The molecule has 0 aromatic heterocycles. The second-order valence-electron chi connectivity index (χ2n) is 6.30. The highest BCUT2D eigenvalue weighted by Gasteiger charge is 2.37. The van der Waals surface area contributed by atoms with Crippen LogP contribution in [0.2, 0.25) is 0 Å². The van der Waals surface area contributed by atoms with Gasteiger partial charge in [0.2, 0.25) is 6.79 Å². The number of barbiturate groups is 1. The highest BCUT2D eigenvalue weighted by atomic mass is 127. The molecule has 8 nitrogen and oxygen atoms in total. The lowest BCUT2D eigenvalue weighted by molar-refractivity contribution is -0.122. The average Bonchev–Trinajstić information content (AvgIpc) is 3.18. The number of hydrogen-bond acceptors (Lipinski definition) is 6. The molecule has 0 spiro atoms. The molecule has 1 fully saturated rings. The van der Waals surface area contributed by atoms with Crippen LogP contribution in [0.4, 0.5) is 10.5 Å². The van der Waals surface area contributed by atoms with Gasteiger partial charge in [-0.15, -0.1) is 6.42 Å². The number of anilines is 1. The first-order chi connectivity index (χ1) is 14.9. The lowest BCUT2D eigenvalue weighted by Crippen LogP contribution is -2.54. The van der Waals surface area contributed by atoms with Crippen LogP contribution in [0.25, 0.3) is 6.08 Å². The Morgan fingerprint density at radius 2 is 1.84 bits per heavy atom. The van der Waals surface area contributed by atoms with E-state index in [9.17, 15) is 14.4 Å². The molecule has 10 heteroatoms. The molecule has 0 unspecified atom stereocenters. The van der Waals surface area contributed by atoms with E-state index in [1.165, 1.54) is 12.1 Å². The molecule has 2 heterocycles. The predicted molar refractivity (Wildman–Crippen MR) is 128 cm³/mol. The van der Waals surface area contributed by atoms with Gasteiger partial charge in [-0.05, 0) is 81.1 Å². The first kappa shape index (κ1) is 21.4. The maximum Gasteiger partial charge on any atom is 0.335 e. The molecule has 4 rings (SSSR count). The molecule has 4 amide bonds. The summed E-state index contributed by atoms with van der Waals surface area (Å²) in [5.41, 5.74) is 0.675. The van der Waals surface area contributed by atoms with Gasteiger partial charge in [0.15, 0.2) is 11.5 Å². The molecule has 0 atom stereocenters. The van der Waals surface area contributed by atoms with Crippen LogP contribution in [0.5, 0.6) is 17.2 Å². The number of fused-ring (bicyclic) bond motifs is 1. The number of urea groups is 1. The maximum absolute atomic E-state index is 13.1. The number of ether oxygens (including phenoxy) is 3. The summed E-state index contributed by atoms with van der Waals surface area (Å²) in [5, 5.41) is 2.20. The molecule has 1 N–H and O–H groups in total. The molecule has 156 valence electrons. The summed E-state index contributed by atoms with van der Waals surface area (Å²) in [6.07, 6.45) is 6.67. The van der Waals surface area contributed by atoms with Gasteiger partial charge in [-0.1, -0.05) is 5.92 Å². The number of terminal acetylenes is 1. The van der Waals surface area contributed by atoms with Gasteiger partial charge in [0.1, 0.15) is 17.9 Å². The normalized spacial score (nSPS) is 16.4. The van der Waals surface area contributed by atoms with Gasteiger partial charge >= 0.3 is 6.03 Å². The maximum atomic E-state index is 13.1. The molecule has 0 radical (unpaired) electrons. The quantitative estimate of drug-likeness (QED) is 0.238. The molecule has 2 aliphatic heterocycles. The van der Waals surface area contributed by atoms with Gasteiger partial charge in [-0.2, -0.15) is 0 Å². The zero-order valence-electron chi connectivity index (χ0n) is 15.6. The number of rotatable bonds is 4. The van der Waals surface area contributed by atoms with Crippen LogP contribution >= 0.6 is 45.2 Å². The van der Waals surface area contributed by atoms with E-state index in [4.69, 9.17) is 20.6 Å². The third-order valence-electron chi connectivity index (χ3n) is 4.35. The minimum atomic E-state index is -0.840. The molecule has 0 saturated carbocycles. The summed E-state index contributed by atoms with van der Waals surface area (Å²) < 4.78 is 17.6. The minimum Gasteiger partial charge on any atom is -0.479 e. The summed E-state index contributed by atoms with van der Waals surface area (Å²) in [4.78, 5) is 38.8. The summed E-state index contributed by atoms with van der Waals surface area (Å²) >= 11 is 4.17. The van der Waals surface area contributed by atoms with Crippen LogP contribution in [0.15, 0.2) is 35.9 Å². The first-order valence-electron chi connectivity index (χ1n) is 8.75. The number of halogens is 2. The molecular weight excluding hydrogens is 630 g/mol. The average molecular weight is 642 g/mol. The van der Waals surface area contributed by atoms with Crippen molar-refractivity contribution in [3.8, 4) is 29.6 Å². The van der Waals surface area contributed by atoms with E-state index in [0.717, 1.165) is 12.0 Å². The Kier molecular flexibility index (Phi) is 6.05. The first-order valence-corrected chi connectivity index (χ1v) is 10.9. The van der Waals surface area contributed by atoms with Crippen molar-refractivity contribution in [2.75, 3.05) is 18.3 Å². The monoisotopic (exact) mass is 642 g/mol. The standard InChI is InChI=1S/C21H12I2N2O6/c1-2-5-29-18-14(22)7-11(8-15(18)23)6-13-19(26)24-21(28)25(20(13)27)12-3-4-16-17(9-12)31-10-30-16/h1,3-4,6-9H,5,10H2,(H,24,26,28)/b13-6+. The van der Waals surface area contributed by atoms with E-state index < -0.39 is 17.8 Å². The summed E-state index contributed by atoms with van der Waals surface area (Å²) in [7, 11) is 0. The van der Waals surface area contributed by atoms with Crippen LogP contribution in [0, 0.1) is 19.5 Å². The number of benzene rings is 2. The van der Waals surface area contributed by atoms with Crippen molar-refractivity contribution in [3.63, 3.8) is 0 Å². The predicted octanol–water partition coefficient (Wildman–Crippen LogP) is 3.30. The molecule has 2 aromatic rings. The number of nitrogens with one attached hydrogen (secondary N) is 1. The van der Waals surface area contributed by atoms with Crippen molar-refractivity contribution >= 4 is 74.8 Å². The molecule has 1 saturated heterocycles. The third kappa shape index (κ3) is 4.19. The van der Waals surface area contributed by atoms with Crippen LogP contribution < -0.4 is 24.4 Å². The smallest absolute Gasteiger partial charge is 0.335 e. The Balaban J connectivity index is 1.69. The highest BCUT2D eigenvalue weighted by molar-refractivity contribution is 14.1. The molecule has 2 aliphatic rings. The second-order valence-corrected chi connectivity index (χ2v) is 8.63. The zero-order valence-corrected chi connectivity index (χ0v) is 19.9. The van der Waals surface area contributed by atoms with Crippen LogP contribution in [0.3, 0.4) is 0 Å². The fraction of sp³-hybridized carbons (Fsp3) is 0.0952. The molecular formula is C21H12I2N2O6. The van der Waals surface area contributed by atoms with Crippen LogP contribution in [0.1, 0.15) is 5.56 Å². The van der Waals surface area contributed by atoms with E-state index in [0.29, 0.717) is 22.8 Å². The van der Waals surface area contributed by atoms with Gasteiger partial charge in [-0.25, -0.2) is 9.69 Å². The van der Waals surface area contributed by atoms with E-state index in [-0.39, 0.29) is 24.7 Å². The van der Waals surface area contributed by atoms with E-state index in [2.05, 4.69) is 56.4 Å². The van der Waals surface area contributed by atoms with Gasteiger partial charge < -0.3 is 14.2 Å². The Hall–Kier alpha value is -2.79. The highest BCUT2D eigenvalue weighted by Crippen LogP contribution is 2.36. The van der Waals surface area contributed by atoms with Crippen molar-refractivity contribution in [3.05, 3.63) is 48.6 Å². The SMILES string of the molecule is C#CCOc1c(I)cc(/C=C2\C(=O)NC(=O)N(c3ccc4c(c3)OCO4)C2=O)cc1I. The van der Waals surface area contributed by atoms with Gasteiger partial charge in [0, 0.05) is 6.07 Å². The van der Waals surface area contributed by atoms with Crippen molar-refractivity contribution in [1.29, 1.82) is 0 Å². The summed E-state index contributed by atoms with van der Waals surface area (Å²) in [6, 6.07) is 7.32. The number of carbonyl (C=O) groups is 3. The number of carbonyl (C=O) groups excluding carboxylic acids is 3. The van der Waals surface area contributed by atoms with Crippen LogP contribution in [-0.4, -0.2) is 31.2 Å². The minimum absolute atomic E-state index is 0.0564. The topological polar surface area (TPSA) is 94.2 Å². The second kappa shape index (κ2) is 8.75. The Bertz CT molecular complexity index is 1180. The van der Waals surface area contributed by atoms with Gasteiger partial charge in [0.25, 0.3) is 11.8 Å². The molecule has 0 aliphatic carbocycles.